The minimum Gasteiger partial charge on any atom is -0.455 e. The largest absolute Gasteiger partial charge is 0.455 e. The summed E-state index contributed by atoms with van der Waals surface area (Å²) in [4.78, 5) is 54.0. The monoisotopic (exact) mass is 573 g/mol. The maximum absolute atomic E-state index is 13.0. The van der Waals surface area contributed by atoms with Crippen molar-refractivity contribution in [3.8, 4) is 0 Å². The Balaban J connectivity index is 2.37. The van der Waals surface area contributed by atoms with Gasteiger partial charge in [-0.3, -0.25) is 19.2 Å². The van der Waals surface area contributed by atoms with Gasteiger partial charge in [0.25, 0.3) is 0 Å². The number of para-hydroxylation sites is 1. The van der Waals surface area contributed by atoms with E-state index in [1.165, 1.54) is 13.0 Å². The molecule has 0 unspecified atom stereocenters. The van der Waals surface area contributed by atoms with Crippen LogP contribution in [-0.2, 0) is 44.5 Å². The number of ether oxygens (including phenoxy) is 4. The van der Waals surface area contributed by atoms with Crippen LogP contribution >= 0.6 is 0 Å². The lowest BCUT2D eigenvalue weighted by Gasteiger charge is -2.34. The number of aromatic amines is 1. The number of esters is 4. The Hall–Kier alpha value is -3.66. The quantitative estimate of drug-likeness (QED) is 0.151. The van der Waals surface area contributed by atoms with Gasteiger partial charge in [-0.2, -0.15) is 0 Å². The van der Waals surface area contributed by atoms with Crippen molar-refractivity contribution in [1.29, 1.82) is 0 Å². The summed E-state index contributed by atoms with van der Waals surface area (Å²) in [6.07, 6.45) is -0.349. The van der Waals surface area contributed by atoms with Gasteiger partial charge >= 0.3 is 23.9 Å². The van der Waals surface area contributed by atoms with E-state index in [2.05, 4.69) is 4.98 Å². The summed E-state index contributed by atoms with van der Waals surface area (Å²) in [5, 5.41) is 11.6. The highest BCUT2D eigenvalue weighted by atomic mass is 16.6. The molecule has 0 fully saturated rings. The van der Waals surface area contributed by atoms with Crippen molar-refractivity contribution in [2.45, 2.75) is 110 Å². The number of nitrogens with one attached hydrogen (secondary N) is 1. The average Bonchev–Trinajstić information content (AvgIpc) is 3.35. The number of hydrogen-bond acceptors (Lipinski definition) is 9. The zero-order valence-corrected chi connectivity index (χ0v) is 24.6. The smallest absolute Gasteiger partial charge is 0.311 e. The van der Waals surface area contributed by atoms with Gasteiger partial charge in [0.1, 0.15) is 5.76 Å². The van der Waals surface area contributed by atoms with E-state index < -0.39 is 48.3 Å². The Labute approximate surface area is 241 Å². The zero-order chi connectivity index (χ0) is 30.4. The van der Waals surface area contributed by atoms with Crippen molar-refractivity contribution in [3.05, 3.63) is 47.9 Å². The molecule has 1 aromatic heterocycles. The number of carbonyl (C=O) groups is 4. The number of rotatable bonds is 17. The van der Waals surface area contributed by atoms with Crippen molar-refractivity contribution >= 4 is 34.8 Å². The highest BCUT2D eigenvalue weighted by Crippen LogP contribution is 2.26. The summed E-state index contributed by atoms with van der Waals surface area (Å²) >= 11 is 0. The third-order valence-electron chi connectivity index (χ3n) is 6.32. The minimum atomic E-state index is -1.47. The van der Waals surface area contributed by atoms with Crippen LogP contribution in [0.4, 0.5) is 0 Å². The van der Waals surface area contributed by atoms with E-state index >= 15 is 0 Å². The predicted octanol–water partition coefficient (Wildman–Crippen LogP) is 5.06. The van der Waals surface area contributed by atoms with Gasteiger partial charge < -0.3 is 29.0 Å². The molecule has 0 saturated heterocycles. The second-order valence-corrected chi connectivity index (χ2v) is 9.83. The molecule has 0 radical (unpaired) electrons. The summed E-state index contributed by atoms with van der Waals surface area (Å²) in [5.41, 5.74) is 1.89. The average molecular weight is 574 g/mol. The first-order valence-electron chi connectivity index (χ1n) is 14.3. The number of H-pyrrole nitrogens is 1. The number of allylic oxidation sites excluding steroid dienone is 1. The molecule has 0 bridgehead atoms. The van der Waals surface area contributed by atoms with Crippen LogP contribution < -0.4 is 0 Å². The fourth-order valence-electron chi connectivity index (χ4n) is 4.30. The first-order valence-corrected chi connectivity index (χ1v) is 14.3. The maximum atomic E-state index is 13.0. The summed E-state index contributed by atoms with van der Waals surface area (Å²) in [6, 6.07) is 7.73. The zero-order valence-electron chi connectivity index (χ0n) is 24.6. The first-order chi connectivity index (χ1) is 19.6. The number of aromatic nitrogens is 1. The molecule has 2 N–H and O–H groups in total. The van der Waals surface area contributed by atoms with E-state index in [4.69, 9.17) is 18.9 Å². The normalized spacial score (nSPS) is 14.5. The molecule has 10 nitrogen and oxygen atoms in total. The van der Waals surface area contributed by atoms with Crippen molar-refractivity contribution < 1.29 is 43.2 Å². The van der Waals surface area contributed by atoms with E-state index in [0.29, 0.717) is 25.7 Å². The number of aliphatic hydroxyl groups is 1. The number of carbonyl (C=O) groups excluding carboxylic acids is 4. The number of benzene rings is 1. The Morgan fingerprint density at radius 3 is 1.95 bits per heavy atom. The Bertz CT molecular complexity index is 1180. The van der Waals surface area contributed by atoms with Gasteiger partial charge in [0.2, 0.25) is 0 Å². The molecule has 10 heteroatoms. The van der Waals surface area contributed by atoms with Crippen LogP contribution in [0, 0.1) is 0 Å². The van der Waals surface area contributed by atoms with Gasteiger partial charge in [0.05, 0.1) is 12.5 Å². The van der Waals surface area contributed by atoms with Gasteiger partial charge in [-0.15, -0.1) is 0 Å². The molecule has 0 amide bonds. The minimum absolute atomic E-state index is 0.0143. The Kier molecular flexibility index (Phi) is 14.1. The van der Waals surface area contributed by atoms with E-state index in [1.807, 2.05) is 30.5 Å². The molecule has 0 aliphatic carbocycles. The fraction of sp³-hybridized carbons (Fsp3) is 0.548. The molecular weight excluding hydrogens is 530 g/mol. The highest BCUT2D eigenvalue weighted by molar-refractivity contribution is 5.83. The molecule has 0 spiro atoms. The van der Waals surface area contributed by atoms with Crippen LogP contribution in [-0.4, -0.2) is 58.4 Å². The third-order valence-corrected chi connectivity index (χ3v) is 6.32. The fourth-order valence-corrected chi connectivity index (χ4v) is 4.30. The predicted molar refractivity (Wildman–Crippen MR) is 153 cm³/mol. The summed E-state index contributed by atoms with van der Waals surface area (Å²) in [7, 11) is 0. The molecule has 0 saturated carbocycles. The molecule has 2 aromatic rings. The van der Waals surface area contributed by atoms with Gasteiger partial charge in [-0.05, 0) is 57.2 Å². The lowest BCUT2D eigenvalue weighted by Crippen LogP contribution is -2.51. The van der Waals surface area contributed by atoms with Crippen molar-refractivity contribution in [2.75, 3.05) is 0 Å². The lowest BCUT2D eigenvalue weighted by atomic mass is 10.0. The maximum Gasteiger partial charge on any atom is 0.311 e. The molecule has 1 aromatic carbocycles. The molecule has 1 heterocycles. The first kappa shape index (κ1) is 33.5. The van der Waals surface area contributed by atoms with Crippen molar-refractivity contribution in [2.24, 2.45) is 0 Å². The number of aliphatic hydroxyl groups excluding tert-OH is 1. The van der Waals surface area contributed by atoms with Gasteiger partial charge in [-0.1, -0.05) is 39.0 Å². The second-order valence-electron chi connectivity index (χ2n) is 9.83. The van der Waals surface area contributed by atoms with Crippen LogP contribution in [0.15, 0.2) is 42.3 Å². The van der Waals surface area contributed by atoms with Gasteiger partial charge in [0, 0.05) is 36.4 Å². The second kappa shape index (κ2) is 17.2. The molecule has 0 aliphatic rings. The molecule has 0 aliphatic heterocycles. The van der Waals surface area contributed by atoms with Crippen LogP contribution in [0.25, 0.3) is 10.9 Å². The SMILES string of the molecule is C/C=C(\OC(=O)CCc1c[nH]c2ccccc12)[C@H](OC(=O)CCC)[C@H](OC(=O)CCC)[C@@H](OC(=O)CCC)[C@H](C)O. The van der Waals surface area contributed by atoms with Crippen LogP contribution in [0.2, 0.25) is 0 Å². The van der Waals surface area contributed by atoms with Crippen LogP contribution in [0.3, 0.4) is 0 Å². The van der Waals surface area contributed by atoms with Gasteiger partial charge in [-0.25, -0.2) is 0 Å². The molecule has 4 atom stereocenters. The third kappa shape index (κ3) is 10.4. The molecular formula is C31H43NO9. The van der Waals surface area contributed by atoms with E-state index in [0.717, 1.165) is 16.5 Å². The van der Waals surface area contributed by atoms with E-state index in [1.54, 1.807) is 27.7 Å². The number of fused-ring (bicyclic) bond motifs is 1. The highest BCUT2D eigenvalue weighted by Gasteiger charge is 2.43. The van der Waals surface area contributed by atoms with Crippen molar-refractivity contribution in [1.82, 2.24) is 4.98 Å². The lowest BCUT2D eigenvalue weighted by molar-refractivity contribution is -0.194. The summed E-state index contributed by atoms with van der Waals surface area (Å²) in [6.45, 7) is 8.32. The Morgan fingerprint density at radius 2 is 1.39 bits per heavy atom. The van der Waals surface area contributed by atoms with E-state index in [9.17, 15) is 24.3 Å². The number of aryl methyl sites for hydroxylation is 1. The standard InChI is InChI=1S/C31H43NO9/c1-6-12-25(34)39-29(20(5)33)31(41-27(36)14-8-3)30(40-26(35)13-7-2)24(9-4)38-28(37)18-17-21-19-32-23-16-11-10-15-22(21)23/h9-11,15-16,19-20,29-33H,6-8,12-14,17-18H2,1-5H3/b24-9-/t20-,29-,30-,31+/m0/s1. The van der Waals surface area contributed by atoms with E-state index in [-0.39, 0.29) is 31.4 Å². The molecule has 41 heavy (non-hydrogen) atoms. The molecule has 226 valence electrons. The topological polar surface area (TPSA) is 141 Å². The number of hydrogen-bond donors (Lipinski definition) is 2. The van der Waals surface area contributed by atoms with Crippen LogP contribution in [0.5, 0.6) is 0 Å². The van der Waals surface area contributed by atoms with Crippen molar-refractivity contribution in [3.63, 3.8) is 0 Å². The van der Waals surface area contributed by atoms with Gasteiger partial charge in [0.15, 0.2) is 18.3 Å². The van der Waals surface area contributed by atoms with Crippen LogP contribution in [0.1, 0.15) is 85.1 Å². The summed E-state index contributed by atoms with van der Waals surface area (Å²) < 4.78 is 22.6. The molecule has 2 rings (SSSR count). The summed E-state index contributed by atoms with van der Waals surface area (Å²) in [5.74, 6) is -2.59. The Morgan fingerprint density at radius 1 is 0.829 bits per heavy atom.